The van der Waals surface area contributed by atoms with Crippen molar-refractivity contribution >= 4 is 23.7 Å². The first-order valence-electron chi connectivity index (χ1n) is 10.6. The Morgan fingerprint density at radius 3 is 1.97 bits per heavy atom. The summed E-state index contributed by atoms with van der Waals surface area (Å²) in [4.78, 5) is 48.8. The largest absolute Gasteiger partial charge is 0.508 e. The van der Waals surface area contributed by atoms with Gasteiger partial charge in [0.1, 0.15) is 23.9 Å². The lowest BCUT2D eigenvalue weighted by molar-refractivity contribution is -0.142. The molecular formula is C21H33N5O7. The molecule has 0 radical (unpaired) electrons. The van der Waals surface area contributed by atoms with Crippen molar-refractivity contribution < 1.29 is 34.5 Å². The third-order valence-electron chi connectivity index (χ3n) is 4.80. The fourth-order valence-corrected chi connectivity index (χ4v) is 2.87. The van der Waals surface area contributed by atoms with Crippen LogP contribution in [0, 0.1) is 0 Å². The number of aliphatic hydroxyl groups excluding tert-OH is 1. The molecule has 0 saturated heterocycles. The number of hydrogen-bond donors (Lipinski definition) is 8. The quantitative estimate of drug-likeness (QED) is 0.141. The number of hydrogen-bond acceptors (Lipinski definition) is 8. The topological polar surface area (TPSA) is 217 Å². The Kier molecular flexibility index (Phi) is 11.8. The Hall–Kier alpha value is -3.22. The summed E-state index contributed by atoms with van der Waals surface area (Å²) in [7, 11) is 0. The highest BCUT2D eigenvalue weighted by Gasteiger charge is 2.29. The first kappa shape index (κ1) is 27.8. The number of carboxylic acids is 1. The van der Waals surface area contributed by atoms with Crippen LogP contribution in [0.25, 0.3) is 0 Å². The SMILES string of the molecule is CC(N)C(=O)NC(Cc1ccc(O)cc1)C(=O)NC(CO)C(=O)NC(CCCCN)C(=O)O. The second kappa shape index (κ2) is 14.0. The molecule has 1 aromatic carbocycles. The fraction of sp³-hybridized carbons (Fsp3) is 0.524. The van der Waals surface area contributed by atoms with Gasteiger partial charge in [-0.05, 0) is 50.4 Å². The summed E-state index contributed by atoms with van der Waals surface area (Å²) in [6.07, 6.45) is 1.21. The zero-order valence-corrected chi connectivity index (χ0v) is 18.5. The predicted molar refractivity (Wildman–Crippen MR) is 119 cm³/mol. The van der Waals surface area contributed by atoms with Crippen molar-refractivity contribution in [2.45, 2.75) is 56.8 Å². The van der Waals surface area contributed by atoms with Gasteiger partial charge in [-0.15, -0.1) is 0 Å². The van der Waals surface area contributed by atoms with E-state index in [1.165, 1.54) is 19.1 Å². The van der Waals surface area contributed by atoms with Gasteiger partial charge in [-0.1, -0.05) is 12.1 Å². The average molecular weight is 468 g/mol. The molecule has 1 rings (SSSR count). The van der Waals surface area contributed by atoms with Gasteiger partial charge in [-0.3, -0.25) is 14.4 Å². The van der Waals surface area contributed by atoms with E-state index in [4.69, 9.17) is 11.5 Å². The number of nitrogens with two attached hydrogens (primary N) is 2. The number of phenolic OH excluding ortho intramolecular Hbond substituents is 1. The van der Waals surface area contributed by atoms with Gasteiger partial charge < -0.3 is 42.7 Å². The van der Waals surface area contributed by atoms with Crippen molar-refractivity contribution in [1.29, 1.82) is 0 Å². The molecule has 0 aliphatic heterocycles. The van der Waals surface area contributed by atoms with Crippen LogP contribution in [0.5, 0.6) is 5.75 Å². The van der Waals surface area contributed by atoms with Gasteiger partial charge >= 0.3 is 5.97 Å². The van der Waals surface area contributed by atoms with Crippen molar-refractivity contribution in [3.63, 3.8) is 0 Å². The number of aliphatic hydroxyl groups is 1. The van der Waals surface area contributed by atoms with Gasteiger partial charge in [0, 0.05) is 6.42 Å². The summed E-state index contributed by atoms with van der Waals surface area (Å²) in [6, 6.07) is 1.25. The summed E-state index contributed by atoms with van der Waals surface area (Å²) in [5, 5.41) is 35.5. The monoisotopic (exact) mass is 467 g/mol. The Balaban J connectivity index is 2.91. The predicted octanol–water partition coefficient (Wildman–Crippen LogP) is -2.06. The number of amides is 3. The maximum absolute atomic E-state index is 12.8. The van der Waals surface area contributed by atoms with Crippen LogP contribution < -0.4 is 27.4 Å². The normalized spacial score (nSPS) is 14.4. The second-order valence-corrected chi connectivity index (χ2v) is 7.65. The molecular weight excluding hydrogens is 434 g/mol. The van der Waals surface area contributed by atoms with Crippen LogP contribution in [0.4, 0.5) is 0 Å². The highest BCUT2D eigenvalue weighted by atomic mass is 16.4. The minimum atomic E-state index is -1.44. The molecule has 10 N–H and O–H groups in total. The summed E-state index contributed by atoms with van der Waals surface area (Å²) >= 11 is 0. The number of benzene rings is 1. The van der Waals surface area contributed by atoms with Crippen LogP contribution in [0.2, 0.25) is 0 Å². The second-order valence-electron chi connectivity index (χ2n) is 7.65. The smallest absolute Gasteiger partial charge is 0.326 e. The molecule has 3 amide bonds. The molecule has 0 bridgehead atoms. The Bertz CT molecular complexity index is 801. The molecule has 0 aromatic heterocycles. The maximum Gasteiger partial charge on any atom is 0.326 e. The standard InChI is InChI=1S/C21H33N5O7/c1-12(23)18(29)25-16(10-13-5-7-14(28)8-6-13)19(30)26-17(11-27)20(31)24-15(21(32)33)4-2-3-9-22/h5-8,12,15-17,27-28H,2-4,9-11,22-23H2,1H3,(H,24,31)(H,25,29)(H,26,30)(H,32,33). The maximum atomic E-state index is 12.8. The molecule has 0 fully saturated rings. The van der Waals surface area contributed by atoms with Crippen LogP contribution in [0.3, 0.4) is 0 Å². The Morgan fingerprint density at radius 2 is 1.45 bits per heavy atom. The highest BCUT2D eigenvalue weighted by molar-refractivity contribution is 5.94. The van der Waals surface area contributed by atoms with Crippen molar-refractivity contribution in [2.75, 3.05) is 13.2 Å². The lowest BCUT2D eigenvalue weighted by atomic mass is 10.0. The zero-order valence-electron chi connectivity index (χ0n) is 18.5. The highest BCUT2D eigenvalue weighted by Crippen LogP contribution is 2.12. The van der Waals surface area contributed by atoms with Crippen molar-refractivity contribution in [2.24, 2.45) is 11.5 Å². The number of aromatic hydroxyl groups is 1. The number of phenols is 1. The van der Waals surface area contributed by atoms with E-state index >= 15 is 0 Å². The summed E-state index contributed by atoms with van der Waals surface area (Å²) < 4.78 is 0. The van der Waals surface area contributed by atoms with E-state index in [0.29, 0.717) is 24.9 Å². The molecule has 0 saturated carbocycles. The molecule has 4 unspecified atom stereocenters. The van der Waals surface area contributed by atoms with Gasteiger partial charge in [0.25, 0.3) is 0 Å². The molecule has 184 valence electrons. The molecule has 12 heteroatoms. The summed E-state index contributed by atoms with van der Waals surface area (Å²) in [6.45, 7) is 1.02. The molecule has 12 nitrogen and oxygen atoms in total. The number of carbonyl (C=O) groups excluding carboxylic acids is 3. The van der Waals surface area contributed by atoms with E-state index in [1.54, 1.807) is 12.1 Å². The van der Waals surface area contributed by atoms with E-state index < -0.39 is 54.5 Å². The molecule has 4 atom stereocenters. The number of aliphatic carboxylic acids is 1. The van der Waals surface area contributed by atoms with E-state index in [0.717, 1.165) is 0 Å². The van der Waals surface area contributed by atoms with Gasteiger partial charge in [0.15, 0.2) is 0 Å². The van der Waals surface area contributed by atoms with E-state index in [1.807, 2.05) is 0 Å². The summed E-state index contributed by atoms with van der Waals surface area (Å²) in [5.74, 6) is -3.49. The number of rotatable bonds is 14. The van der Waals surface area contributed by atoms with Crippen LogP contribution >= 0.6 is 0 Å². The van der Waals surface area contributed by atoms with E-state index in [9.17, 15) is 34.5 Å². The number of nitrogens with one attached hydrogen (secondary N) is 3. The van der Waals surface area contributed by atoms with Gasteiger partial charge in [-0.2, -0.15) is 0 Å². The third-order valence-corrected chi connectivity index (χ3v) is 4.80. The first-order chi connectivity index (χ1) is 15.6. The summed E-state index contributed by atoms with van der Waals surface area (Å²) in [5.41, 5.74) is 11.6. The lowest BCUT2D eigenvalue weighted by Crippen LogP contribution is -2.58. The number of unbranched alkanes of at least 4 members (excludes halogenated alkanes) is 1. The third kappa shape index (κ3) is 9.85. The van der Waals surface area contributed by atoms with Crippen LogP contribution in [0.1, 0.15) is 31.7 Å². The van der Waals surface area contributed by atoms with Gasteiger partial charge in [0.2, 0.25) is 17.7 Å². The zero-order chi connectivity index (χ0) is 25.0. The molecule has 1 aromatic rings. The molecule has 0 aliphatic rings. The Labute approximate surface area is 191 Å². The number of carboxylic acid groups (broad SMARTS) is 1. The van der Waals surface area contributed by atoms with E-state index in [-0.39, 0.29) is 18.6 Å². The van der Waals surface area contributed by atoms with Gasteiger partial charge in [-0.25, -0.2) is 4.79 Å². The Morgan fingerprint density at radius 1 is 0.909 bits per heavy atom. The van der Waals surface area contributed by atoms with Crippen molar-refractivity contribution in [3.05, 3.63) is 29.8 Å². The van der Waals surface area contributed by atoms with Crippen molar-refractivity contribution in [1.82, 2.24) is 16.0 Å². The number of carbonyl (C=O) groups is 4. The van der Waals surface area contributed by atoms with Crippen LogP contribution in [0.15, 0.2) is 24.3 Å². The average Bonchev–Trinajstić information content (AvgIpc) is 2.77. The minimum Gasteiger partial charge on any atom is -0.508 e. The molecule has 0 heterocycles. The lowest BCUT2D eigenvalue weighted by Gasteiger charge is -2.24. The van der Waals surface area contributed by atoms with Crippen molar-refractivity contribution in [3.8, 4) is 5.75 Å². The van der Waals surface area contributed by atoms with Crippen LogP contribution in [-0.4, -0.2) is 76.3 Å². The van der Waals surface area contributed by atoms with Crippen LogP contribution in [-0.2, 0) is 25.6 Å². The minimum absolute atomic E-state index is 0.0151. The fourth-order valence-electron chi connectivity index (χ4n) is 2.87. The molecule has 0 aliphatic carbocycles. The van der Waals surface area contributed by atoms with E-state index in [2.05, 4.69) is 16.0 Å². The molecule has 33 heavy (non-hydrogen) atoms. The molecule has 0 spiro atoms. The first-order valence-corrected chi connectivity index (χ1v) is 10.6. The van der Waals surface area contributed by atoms with Gasteiger partial charge in [0.05, 0.1) is 12.6 Å².